The highest BCUT2D eigenvalue weighted by molar-refractivity contribution is 5.91. The Kier molecular flexibility index (Phi) is 8.48. The van der Waals surface area contributed by atoms with Crippen molar-refractivity contribution in [1.82, 2.24) is 10.6 Å². The van der Waals surface area contributed by atoms with Crippen LogP contribution in [0.2, 0.25) is 0 Å². The van der Waals surface area contributed by atoms with Crippen LogP contribution < -0.4 is 16.4 Å². The normalized spacial score (nSPS) is 11.1. The Bertz CT molecular complexity index is 605. The van der Waals surface area contributed by atoms with Gasteiger partial charge in [0.2, 0.25) is 11.8 Å². The van der Waals surface area contributed by atoms with Crippen LogP contribution in [0.25, 0.3) is 0 Å². The van der Waals surface area contributed by atoms with Crippen LogP contribution in [0, 0.1) is 0 Å². The van der Waals surface area contributed by atoms with E-state index in [0.29, 0.717) is 0 Å². The molecule has 0 heterocycles. The highest BCUT2D eigenvalue weighted by Gasteiger charge is 2.22. The third kappa shape index (κ3) is 8.35. The minimum absolute atomic E-state index is 0.0566. The van der Waals surface area contributed by atoms with E-state index in [1.807, 2.05) is 6.07 Å². The lowest BCUT2D eigenvalue weighted by Gasteiger charge is -2.15. The maximum absolute atomic E-state index is 11.7. The second kappa shape index (κ2) is 10.6. The zero-order valence-corrected chi connectivity index (χ0v) is 13.8. The molecule has 0 unspecified atom stereocenters. The maximum atomic E-state index is 11.7. The van der Waals surface area contributed by atoms with Gasteiger partial charge in [-0.3, -0.25) is 14.4 Å². The Balaban J connectivity index is 2.34. The molecule has 25 heavy (non-hydrogen) atoms. The van der Waals surface area contributed by atoms with Crippen LogP contribution in [-0.2, 0) is 30.5 Å². The van der Waals surface area contributed by atoms with Crippen LogP contribution >= 0.6 is 0 Å². The highest BCUT2D eigenvalue weighted by atomic mass is 16.5. The third-order valence-corrected chi connectivity index (χ3v) is 2.96. The first-order valence-corrected chi connectivity index (χ1v) is 7.61. The molecule has 0 saturated carbocycles. The molecule has 0 aliphatic carbocycles. The van der Waals surface area contributed by atoms with E-state index in [2.05, 4.69) is 15.4 Å². The van der Waals surface area contributed by atoms with Crippen molar-refractivity contribution < 1.29 is 28.7 Å². The molecule has 0 radical (unpaired) electrons. The van der Waals surface area contributed by atoms with E-state index in [9.17, 15) is 19.2 Å². The SMILES string of the molecule is CCOC(=O)C[C@H](NC(=O)CNC(=O)OCc1ccccc1)C(N)=O. The van der Waals surface area contributed by atoms with Crippen LogP contribution in [0.4, 0.5) is 4.79 Å². The van der Waals surface area contributed by atoms with Gasteiger partial charge in [-0.05, 0) is 12.5 Å². The van der Waals surface area contributed by atoms with E-state index in [4.69, 9.17) is 10.5 Å². The van der Waals surface area contributed by atoms with Crippen molar-refractivity contribution >= 4 is 23.9 Å². The maximum Gasteiger partial charge on any atom is 0.407 e. The second-order valence-electron chi connectivity index (χ2n) is 4.95. The lowest BCUT2D eigenvalue weighted by molar-refractivity contribution is -0.145. The molecule has 3 amide bonds. The molecule has 0 bridgehead atoms. The zero-order chi connectivity index (χ0) is 18.7. The summed E-state index contributed by atoms with van der Waals surface area (Å²) >= 11 is 0. The van der Waals surface area contributed by atoms with Crippen LogP contribution in [0.15, 0.2) is 30.3 Å². The van der Waals surface area contributed by atoms with E-state index >= 15 is 0 Å². The predicted octanol–water partition coefficient (Wildman–Crippen LogP) is -0.164. The van der Waals surface area contributed by atoms with Crippen molar-refractivity contribution in [3.63, 3.8) is 0 Å². The predicted molar refractivity (Wildman–Crippen MR) is 87.0 cm³/mol. The number of carbonyl (C=O) groups is 4. The van der Waals surface area contributed by atoms with Gasteiger partial charge in [0.15, 0.2) is 0 Å². The number of hydrogen-bond acceptors (Lipinski definition) is 6. The molecular formula is C16H21N3O6. The summed E-state index contributed by atoms with van der Waals surface area (Å²) in [7, 11) is 0. The number of hydrogen-bond donors (Lipinski definition) is 3. The second-order valence-corrected chi connectivity index (χ2v) is 4.95. The molecule has 0 spiro atoms. The van der Waals surface area contributed by atoms with E-state index in [1.165, 1.54) is 0 Å². The van der Waals surface area contributed by atoms with Crippen molar-refractivity contribution in [2.45, 2.75) is 26.0 Å². The van der Waals surface area contributed by atoms with Gasteiger partial charge in [0.25, 0.3) is 0 Å². The fraction of sp³-hybridized carbons (Fsp3) is 0.375. The smallest absolute Gasteiger partial charge is 0.407 e. The van der Waals surface area contributed by atoms with Crippen LogP contribution in [-0.4, -0.2) is 43.1 Å². The lowest BCUT2D eigenvalue weighted by atomic mass is 10.2. The molecule has 136 valence electrons. The van der Waals surface area contributed by atoms with Crippen molar-refractivity contribution in [2.24, 2.45) is 5.73 Å². The molecule has 1 rings (SSSR count). The van der Waals surface area contributed by atoms with E-state index in [0.717, 1.165) is 5.56 Å². The van der Waals surface area contributed by atoms with Crippen molar-refractivity contribution in [1.29, 1.82) is 0 Å². The average Bonchev–Trinajstić information content (AvgIpc) is 2.58. The Hall–Kier alpha value is -3.10. The minimum Gasteiger partial charge on any atom is -0.466 e. The van der Waals surface area contributed by atoms with E-state index in [1.54, 1.807) is 31.2 Å². The van der Waals surface area contributed by atoms with Gasteiger partial charge in [0.05, 0.1) is 13.0 Å². The molecular weight excluding hydrogens is 330 g/mol. The molecule has 0 aliphatic heterocycles. The summed E-state index contributed by atoms with van der Waals surface area (Å²) in [4.78, 5) is 45.9. The monoisotopic (exact) mass is 351 g/mol. The highest BCUT2D eigenvalue weighted by Crippen LogP contribution is 2.00. The Morgan fingerprint density at radius 2 is 1.80 bits per heavy atom. The number of nitrogens with two attached hydrogens (primary N) is 1. The lowest BCUT2D eigenvalue weighted by Crippen LogP contribution is -2.49. The number of carbonyl (C=O) groups excluding carboxylic acids is 4. The third-order valence-electron chi connectivity index (χ3n) is 2.96. The Labute approximate surface area is 144 Å². The van der Waals surface area contributed by atoms with Gasteiger partial charge >= 0.3 is 12.1 Å². The number of esters is 1. The number of nitrogens with one attached hydrogen (secondary N) is 2. The van der Waals surface area contributed by atoms with Gasteiger partial charge in [-0.1, -0.05) is 30.3 Å². The first-order valence-electron chi connectivity index (χ1n) is 7.61. The average molecular weight is 351 g/mol. The number of alkyl carbamates (subject to hydrolysis) is 1. The number of primary amides is 1. The zero-order valence-electron chi connectivity index (χ0n) is 13.8. The summed E-state index contributed by atoms with van der Waals surface area (Å²) < 4.78 is 9.62. The number of ether oxygens (including phenoxy) is 2. The van der Waals surface area contributed by atoms with Crippen molar-refractivity contribution in [2.75, 3.05) is 13.2 Å². The van der Waals surface area contributed by atoms with Crippen molar-refractivity contribution in [3.8, 4) is 0 Å². The Morgan fingerprint density at radius 3 is 2.40 bits per heavy atom. The summed E-state index contributed by atoms with van der Waals surface area (Å²) in [6, 6.07) is 7.79. The van der Waals surface area contributed by atoms with Gasteiger partial charge in [-0.2, -0.15) is 0 Å². The number of amides is 3. The van der Waals surface area contributed by atoms with E-state index < -0.39 is 36.5 Å². The summed E-state index contributed by atoms with van der Waals surface area (Å²) in [5.41, 5.74) is 5.92. The Morgan fingerprint density at radius 1 is 1.12 bits per heavy atom. The molecule has 9 nitrogen and oxygen atoms in total. The first-order chi connectivity index (χ1) is 11.9. The van der Waals surface area contributed by atoms with Gasteiger partial charge in [0.1, 0.15) is 19.2 Å². The van der Waals surface area contributed by atoms with Gasteiger partial charge in [-0.15, -0.1) is 0 Å². The fourth-order valence-electron chi connectivity index (χ4n) is 1.78. The standard InChI is InChI=1S/C16H21N3O6/c1-2-24-14(21)8-12(15(17)22)19-13(20)9-18-16(23)25-10-11-6-4-3-5-7-11/h3-7,12H,2,8-10H2,1H3,(H2,17,22)(H,18,23)(H,19,20)/t12-/m0/s1. The largest absolute Gasteiger partial charge is 0.466 e. The van der Waals surface area contributed by atoms with Crippen LogP contribution in [0.1, 0.15) is 18.9 Å². The van der Waals surface area contributed by atoms with Crippen molar-refractivity contribution in [3.05, 3.63) is 35.9 Å². The molecule has 0 fully saturated rings. The summed E-state index contributed by atoms with van der Waals surface area (Å²) in [5, 5.41) is 4.48. The summed E-state index contributed by atoms with van der Waals surface area (Å²) in [6.45, 7) is 1.38. The minimum atomic E-state index is -1.21. The summed E-state index contributed by atoms with van der Waals surface area (Å²) in [6.07, 6.45) is -1.17. The number of benzene rings is 1. The van der Waals surface area contributed by atoms with Gasteiger partial charge < -0.3 is 25.8 Å². The summed E-state index contributed by atoms with van der Waals surface area (Å²) in [5.74, 6) is -2.24. The number of rotatable bonds is 9. The quantitative estimate of drug-likeness (QED) is 0.529. The van der Waals surface area contributed by atoms with E-state index in [-0.39, 0.29) is 19.6 Å². The molecule has 0 saturated heterocycles. The fourth-order valence-corrected chi connectivity index (χ4v) is 1.78. The van der Waals surface area contributed by atoms with Crippen LogP contribution in [0.5, 0.6) is 0 Å². The van der Waals surface area contributed by atoms with Crippen LogP contribution in [0.3, 0.4) is 0 Å². The molecule has 1 atom stereocenters. The molecule has 9 heteroatoms. The molecule has 4 N–H and O–H groups in total. The molecule has 1 aromatic rings. The topological polar surface area (TPSA) is 137 Å². The molecule has 0 aliphatic rings. The first kappa shape index (κ1) is 19.9. The van der Waals surface area contributed by atoms with Gasteiger partial charge in [-0.25, -0.2) is 4.79 Å². The molecule has 1 aromatic carbocycles. The molecule has 0 aromatic heterocycles. The van der Waals surface area contributed by atoms with Gasteiger partial charge in [0, 0.05) is 0 Å².